The van der Waals surface area contributed by atoms with Crippen LogP contribution in [0.2, 0.25) is 0 Å². The lowest BCUT2D eigenvalue weighted by atomic mass is 10.1. The number of nitrogens with one attached hydrogen (secondary N) is 2. The maximum absolute atomic E-state index is 11.3. The number of carbonyl (C=O) groups is 2. The molecule has 1 saturated carbocycles. The van der Waals surface area contributed by atoms with E-state index in [0.29, 0.717) is 19.0 Å². The number of carbonyl (C=O) groups excluding carboxylic acids is 1. The van der Waals surface area contributed by atoms with Gasteiger partial charge in [0, 0.05) is 32.3 Å². The highest BCUT2D eigenvalue weighted by molar-refractivity contribution is 5.82. The summed E-state index contributed by atoms with van der Waals surface area (Å²) in [6, 6.07) is 4.03. The second-order valence-corrected chi connectivity index (χ2v) is 7.52. The highest BCUT2D eigenvalue weighted by Gasteiger charge is 2.29. The van der Waals surface area contributed by atoms with E-state index in [1.807, 2.05) is 20.9 Å². The topological polar surface area (TPSA) is 94.6 Å². The van der Waals surface area contributed by atoms with Crippen LogP contribution in [0.15, 0.2) is 12.1 Å². The Balaban J connectivity index is 0.00000218. The van der Waals surface area contributed by atoms with E-state index < -0.39 is 12.0 Å². The third-order valence-corrected chi connectivity index (χ3v) is 5.23. The third kappa shape index (κ3) is 9.11. The van der Waals surface area contributed by atoms with Crippen molar-refractivity contribution in [3.8, 4) is 0 Å². The SMILES string of the molecule is CC.CCc1ccc(CCCCN(CCC(NC(C)=O)C(=O)O)C2CC2)nc1NC. The van der Waals surface area contributed by atoms with Crippen LogP contribution in [0.1, 0.15) is 71.1 Å². The summed E-state index contributed by atoms with van der Waals surface area (Å²) >= 11 is 0. The van der Waals surface area contributed by atoms with Crippen LogP contribution in [-0.4, -0.2) is 59.1 Å². The van der Waals surface area contributed by atoms with Gasteiger partial charge in [-0.05, 0) is 63.1 Å². The Morgan fingerprint density at radius 1 is 1.23 bits per heavy atom. The molecule has 1 aliphatic carbocycles. The average molecular weight is 421 g/mol. The number of aryl methyl sites for hydroxylation is 2. The summed E-state index contributed by atoms with van der Waals surface area (Å²) in [5, 5.41) is 15.0. The maximum Gasteiger partial charge on any atom is 0.326 e. The minimum absolute atomic E-state index is 0.298. The quantitative estimate of drug-likeness (QED) is 0.423. The zero-order valence-electron chi connectivity index (χ0n) is 19.3. The fourth-order valence-corrected chi connectivity index (χ4v) is 3.50. The summed E-state index contributed by atoms with van der Waals surface area (Å²) < 4.78 is 0. The summed E-state index contributed by atoms with van der Waals surface area (Å²) in [6.45, 7) is 9.15. The number of hydrogen-bond acceptors (Lipinski definition) is 5. The van der Waals surface area contributed by atoms with E-state index in [9.17, 15) is 14.7 Å². The Morgan fingerprint density at radius 3 is 2.47 bits per heavy atom. The van der Waals surface area contributed by atoms with Crippen molar-refractivity contribution in [2.75, 3.05) is 25.5 Å². The number of hydrogen-bond donors (Lipinski definition) is 3. The summed E-state index contributed by atoms with van der Waals surface area (Å²) in [4.78, 5) is 29.6. The van der Waals surface area contributed by atoms with Gasteiger partial charge in [-0.2, -0.15) is 0 Å². The molecule has 0 aliphatic heterocycles. The highest BCUT2D eigenvalue weighted by atomic mass is 16.4. The molecule has 1 aliphatic rings. The van der Waals surface area contributed by atoms with E-state index in [-0.39, 0.29) is 5.91 Å². The number of nitrogens with zero attached hydrogens (tertiary/aromatic N) is 2. The molecule has 0 saturated heterocycles. The fourth-order valence-electron chi connectivity index (χ4n) is 3.50. The fraction of sp³-hybridized carbons (Fsp3) is 0.696. The molecule has 7 heteroatoms. The molecule has 1 unspecified atom stereocenters. The van der Waals surface area contributed by atoms with Crippen molar-refractivity contribution in [3.05, 3.63) is 23.4 Å². The van der Waals surface area contributed by atoms with E-state index in [1.165, 1.54) is 25.3 Å². The molecule has 1 heterocycles. The average Bonchev–Trinajstić information content (AvgIpc) is 3.58. The van der Waals surface area contributed by atoms with Gasteiger partial charge >= 0.3 is 5.97 Å². The lowest BCUT2D eigenvalue weighted by Gasteiger charge is -2.24. The van der Waals surface area contributed by atoms with Crippen LogP contribution in [-0.2, 0) is 22.4 Å². The van der Waals surface area contributed by atoms with Gasteiger partial charge in [0.15, 0.2) is 0 Å². The second-order valence-electron chi connectivity index (χ2n) is 7.52. The number of pyridine rings is 1. The number of carboxylic acid groups (broad SMARTS) is 1. The molecule has 0 aromatic carbocycles. The van der Waals surface area contributed by atoms with Gasteiger partial charge in [0.2, 0.25) is 5.91 Å². The molecule has 2 rings (SSSR count). The Labute approximate surface area is 181 Å². The lowest BCUT2D eigenvalue weighted by molar-refractivity contribution is -0.141. The van der Waals surface area contributed by atoms with Crippen molar-refractivity contribution in [3.63, 3.8) is 0 Å². The van der Waals surface area contributed by atoms with Crippen LogP contribution in [0, 0.1) is 0 Å². The van der Waals surface area contributed by atoms with Crippen LogP contribution in [0.25, 0.3) is 0 Å². The van der Waals surface area contributed by atoms with E-state index >= 15 is 0 Å². The number of rotatable bonds is 13. The van der Waals surface area contributed by atoms with Gasteiger partial charge in [-0.25, -0.2) is 9.78 Å². The summed E-state index contributed by atoms with van der Waals surface area (Å²) in [5.41, 5.74) is 2.34. The number of aliphatic carboxylic acids is 1. The smallest absolute Gasteiger partial charge is 0.326 e. The summed E-state index contributed by atoms with van der Waals surface area (Å²) in [6.07, 6.45) is 6.83. The first-order valence-corrected chi connectivity index (χ1v) is 11.3. The standard InChI is InChI=1S/C21H34N4O3.C2H6/c1-4-16-8-9-17(24-20(16)22-3)7-5-6-13-25(18-10-11-18)14-12-19(21(27)28)23-15(2)26;1-2/h8-9,18-19H,4-7,10-14H2,1-3H3,(H,22,24)(H,23,26)(H,27,28);1-2H3. The zero-order chi connectivity index (χ0) is 22.5. The first kappa shape index (κ1) is 25.9. The second kappa shape index (κ2) is 14.0. The third-order valence-electron chi connectivity index (χ3n) is 5.23. The number of carboxylic acids is 1. The molecule has 1 amide bonds. The molecule has 0 bridgehead atoms. The van der Waals surface area contributed by atoms with Crippen LogP contribution in [0.4, 0.5) is 5.82 Å². The molecular weight excluding hydrogens is 380 g/mol. The maximum atomic E-state index is 11.3. The molecule has 7 nitrogen and oxygen atoms in total. The molecule has 1 fully saturated rings. The predicted molar refractivity (Wildman–Crippen MR) is 122 cm³/mol. The monoisotopic (exact) mass is 420 g/mol. The van der Waals surface area contributed by atoms with Gasteiger partial charge in [0.25, 0.3) is 0 Å². The van der Waals surface area contributed by atoms with Crippen molar-refractivity contribution >= 4 is 17.7 Å². The van der Waals surface area contributed by atoms with Crippen LogP contribution < -0.4 is 10.6 Å². The molecule has 30 heavy (non-hydrogen) atoms. The molecule has 1 atom stereocenters. The Kier molecular flexibility index (Phi) is 12.0. The highest BCUT2D eigenvalue weighted by Crippen LogP contribution is 2.27. The van der Waals surface area contributed by atoms with E-state index in [0.717, 1.165) is 43.7 Å². The zero-order valence-corrected chi connectivity index (χ0v) is 19.3. The first-order chi connectivity index (χ1) is 14.4. The predicted octanol–water partition coefficient (Wildman–Crippen LogP) is 3.48. The minimum atomic E-state index is -0.965. The van der Waals surface area contributed by atoms with Crippen LogP contribution in [0.5, 0.6) is 0 Å². The van der Waals surface area contributed by atoms with Gasteiger partial charge in [0.1, 0.15) is 11.9 Å². The number of unbranched alkanes of at least 4 members (excludes halogenated alkanes) is 1. The van der Waals surface area contributed by atoms with Crippen LogP contribution >= 0.6 is 0 Å². The summed E-state index contributed by atoms with van der Waals surface area (Å²) in [7, 11) is 1.91. The summed E-state index contributed by atoms with van der Waals surface area (Å²) in [5.74, 6) is -0.293. The van der Waals surface area contributed by atoms with Crippen molar-refractivity contribution in [2.24, 2.45) is 0 Å². The number of amides is 1. The van der Waals surface area contributed by atoms with E-state index in [4.69, 9.17) is 4.98 Å². The normalized spacial score (nSPS) is 13.9. The number of anilines is 1. The van der Waals surface area contributed by atoms with Gasteiger partial charge in [-0.1, -0.05) is 26.8 Å². The van der Waals surface area contributed by atoms with Crippen molar-refractivity contribution < 1.29 is 14.7 Å². The van der Waals surface area contributed by atoms with Gasteiger partial charge < -0.3 is 20.6 Å². The Morgan fingerprint density at radius 2 is 1.93 bits per heavy atom. The first-order valence-electron chi connectivity index (χ1n) is 11.3. The lowest BCUT2D eigenvalue weighted by Crippen LogP contribution is -2.42. The molecule has 0 spiro atoms. The van der Waals surface area contributed by atoms with Gasteiger partial charge in [-0.3, -0.25) is 4.79 Å². The van der Waals surface area contributed by atoms with Gasteiger partial charge in [0.05, 0.1) is 0 Å². The largest absolute Gasteiger partial charge is 0.480 e. The molecule has 3 N–H and O–H groups in total. The van der Waals surface area contributed by atoms with Crippen molar-refractivity contribution in [1.29, 1.82) is 0 Å². The van der Waals surface area contributed by atoms with E-state index in [2.05, 4.69) is 34.6 Å². The van der Waals surface area contributed by atoms with E-state index in [1.54, 1.807) is 0 Å². The number of aromatic nitrogens is 1. The molecule has 1 aromatic rings. The Bertz CT molecular complexity index is 662. The Hall–Kier alpha value is -2.15. The molecule has 1 aromatic heterocycles. The molecular formula is C23H40N4O3. The molecule has 170 valence electrons. The van der Waals surface area contributed by atoms with Gasteiger partial charge in [-0.15, -0.1) is 0 Å². The minimum Gasteiger partial charge on any atom is -0.480 e. The molecule has 0 radical (unpaired) electrons. The van der Waals surface area contributed by atoms with Crippen LogP contribution in [0.3, 0.4) is 0 Å². The van der Waals surface area contributed by atoms with Crippen molar-refractivity contribution in [2.45, 2.75) is 84.7 Å². The van der Waals surface area contributed by atoms with Crippen molar-refractivity contribution in [1.82, 2.24) is 15.2 Å².